The van der Waals surface area contributed by atoms with E-state index in [2.05, 4.69) is 16.6 Å². The third-order valence-corrected chi connectivity index (χ3v) is 1.58. The predicted octanol–water partition coefficient (Wildman–Crippen LogP) is 2.70. The highest BCUT2D eigenvalue weighted by atomic mass is 14.7. The van der Waals surface area contributed by atoms with Gasteiger partial charge in [0.25, 0.3) is 0 Å². The van der Waals surface area contributed by atoms with Gasteiger partial charge in [-0.25, -0.2) is 0 Å². The number of aliphatic imine (C=N–C) groups is 1. The molecule has 0 aliphatic heterocycles. The van der Waals surface area contributed by atoms with E-state index in [1.54, 1.807) is 24.7 Å². The van der Waals surface area contributed by atoms with Crippen LogP contribution in [0.2, 0.25) is 0 Å². The van der Waals surface area contributed by atoms with Gasteiger partial charge < -0.3 is 0 Å². The van der Waals surface area contributed by atoms with Crippen molar-refractivity contribution in [1.82, 2.24) is 4.98 Å². The summed E-state index contributed by atoms with van der Waals surface area (Å²) >= 11 is 0. The van der Waals surface area contributed by atoms with Crippen LogP contribution >= 0.6 is 0 Å². The van der Waals surface area contributed by atoms with Crippen LogP contribution in [0.25, 0.3) is 5.57 Å². The number of hydrogen-bond donors (Lipinski definition) is 0. The maximum atomic E-state index is 4.03. The van der Waals surface area contributed by atoms with Crippen LogP contribution in [-0.4, -0.2) is 11.2 Å². The first kappa shape index (κ1) is 9.39. The molecular weight excluding hydrogens is 160 g/mol. The lowest BCUT2D eigenvalue weighted by molar-refractivity contribution is 1.30. The lowest BCUT2D eigenvalue weighted by atomic mass is 10.1. The molecule has 0 saturated carbocycles. The standard InChI is InChI=1S/C11H12N2/c1-3-6-12-8-10(2)11-5-4-7-13-9-11/h3-9H,1H2,2H3/b10-8+,12-6?. The number of pyridine rings is 1. The second kappa shape index (κ2) is 5.04. The molecule has 1 heterocycles. The van der Waals surface area contributed by atoms with Gasteiger partial charge in [-0.15, -0.1) is 0 Å². The normalized spacial score (nSPS) is 11.9. The molecule has 0 aromatic carbocycles. The topological polar surface area (TPSA) is 25.2 Å². The zero-order chi connectivity index (χ0) is 9.52. The van der Waals surface area contributed by atoms with Crippen molar-refractivity contribution in [3.63, 3.8) is 0 Å². The van der Waals surface area contributed by atoms with E-state index in [4.69, 9.17) is 0 Å². The van der Waals surface area contributed by atoms with E-state index in [9.17, 15) is 0 Å². The first-order chi connectivity index (χ1) is 6.34. The zero-order valence-corrected chi connectivity index (χ0v) is 7.64. The molecule has 0 amide bonds. The van der Waals surface area contributed by atoms with Crippen molar-refractivity contribution in [3.05, 3.63) is 48.9 Å². The Morgan fingerprint density at radius 2 is 2.46 bits per heavy atom. The minimum Gasteiger partial charge on any atom is -0.264 e. The van der Waals surface area contributed by atoms with Gasteiger partial charge in [-0.1, -0.05) is 18.7 Å². The van der Waals surface area contributed by atoms with Gasteiger partial charge in [-0.05, 0) is 24.1 Å². The minimum atomic E-state index is 1.09. The molecule has 0 fully saturated rings. The molecule has 0 aliphatic rings. The van der Waals surface area contributed by atoms with Crippen molar-refractivity contribution < 1.29 is 0 Å². The average Bonchev–Trinajstić information content (AvgIpc) is 2.19. The smallest absolute Gasteiger partial charge is 0.0343 e. The van der Waals surface area contributed by atoms with E-state index in [1.807, 2.05) is 25.3 Å². The highest BCUT2D eigenvalue weighted by molar-refractivity contribution is 5.72. The lowest BCUT2D eigenvalue weighted by Crippen LogP contribution is -1.79. The summed E-state index contributed by atoms with van der Waals surface area (Å²) < 4.78 is 0. The van der Waals surface area contributed by atoms with Gasteiger partial charge in [0.15, 0.2) is 0 Å². The van der Waals surface area contributed by atoms with Gasteiger partial charge in [0.1, 0.15) is 0 Å². The van der Waals surface area contributed by atoms with Crippen LogP contribution in [0.1, 0.15) is 12.5 Å². The van der Waals surface area contributed by atoms with Crippen LogP contribution in [0, 0.1) is 0 Å². The Labute approximate surface area is 78.4 Å². The molecule has 66 valence electrons. The molecule has 0 spiro atoms. The molecule has 0 aliphatic carbocycles. The Bertz CT molecular complexity index is 323. The van der Waals surface area contributed by atoms with Gasteiger partial charge in [-0.2, -0.15) is 0 Å². The van der Waals surface area contributed by atoms with Crippen LogP contribution < -0.4 is 0 Å². The van der Waals surface area contributed by atoms with Crippen LogP contribution in [0.4, 0.5) is 0 Å². The summed E-state index contributed by atoms with van der Waals surface area (Å²) in [7, 11) is 0. The van der Waals surface area contributed by atoms with E-state index in [-0.39, 0.29) is 0 Å². The van der Waals surface area contributed by atoms with E-state index in [1.165, 1.54) is 0 Å². The van der Waals surface area contributed by atoms with Crippen molar-refractivity contribution in [2.75, 3.05) is 0 Å². The highest BCUT2D eigenvalue weighted by Crippen LogP contribution is 2.10. The molecule has 2 nitrogen and oxygen atoms in total. The molecule has 2 heteroatoms. The number of allylic oxidation sites excluding steroid dienone is 2. The van der Waals surface area contributed by atoms with Crippen LogP contribution in [-0.2, 0) is 0 Å². The van der Waals surface area contributed by atoms with E-state index in [0.29, 0.717) is 0 Å². The first-order valence-electron chi connectivity index (χ1n) is 4.06. The van der Waals surface area contributed by atoms with Crippen LogP contribution in [0.5, 0.6) is 0 Å². The van der Waals surface area contributed by atoms with Crippen molar-refractivity contribution in [3.8, 4) is 0 Å². The maximum Gasteiger partial charge on any atom is 0.0343 e. The fourth-order valence-corrected chi connectivity index (χ4v) is 0.886. The Morgan fingerprint density at radius 1 is 1.62 bits per heavy atom. The van der Waals surface area contributed by atoms with Gasteiger partial charge >= 0.3 is 0 Å². The molecule has 1 aromatic rings. The summed E-state index contributed by atoms with van der Waals surface area (Å²) in [6, 6.07) is 3.91. The highest BCUT2D eigenvalue weighted by Gasteiger charge is 1.91. The van der Waals surface area contributed by atoms with E-state index in [0.717, 1.165) is 11.1 Å². The summed E-state index contributed by atoms with van der Waals surface area (Å²) in [5.41, 5.74) is 2.18. The number of nitrogens with zero attached hydrogens (tertiary/aromatic N) is 2. The minimum absolute atomic E-state index is 1.09. The van der Waals surface area contributed by atoms with Gasteiger partial charge in [0.05, 0.1) is 0 Å². The first-order valence-corrected chi connectivity index (χ1v) is 4.06. The molecule has 0 N–H and O–H groups in total. The maximum absolute atomic E-state index is 4.03. The summed E-state index contributed by atoms with van der Waals surface area (Å²) in [4.78, 5) is 8.05. The summed E-state index contributed by atoms with van der Waals surface area (Å²) in [5, 5.41) is 0. The molecule has 0 unspecified atom stereocenters. The molecule has 0 bridgehead atoms. The van der Waals surface area contributed by atoms with E-state index >= 15 is 0 Å². The van der Waals surface area contributed by atoms with Gasteiger partial charge in [0, 0.05) is 24.8 Å². The fraction of sp³-hybridized carbons (Fsp3) is 0.0909. The third-order valence-electron chi connectivity index (χ3n) is 1.58. The Morgan fingerprint density at radius 3 is 3.08 bits per heavy atom. The van der Waals surface area contributed by atoms with Crippen molar-refractivity contribution in [2.24, 2.45) is 4.99 Å². The lowest BCUT2D eigenvalue weighted by Gasteiger charge is -1.96. The van der Waals surface area contributed by atoms with Crippen LogP contribution in [0.15, 0.2) is 48.4 Å². The molecule has 13 heavy (non-hydrogen) atoms. The monoisotopic (exact) mass is 172 g/mol. The van der Waals surface area contributed by atoms with Crippen molar-refractivity contribution in [2.45, 2.75) is 6.92 Å². The third kappa shape index (κ3) is 3.03. The zero-order valence-electron chi connectivity index (χ0n) is 7.64. The fourth-order valence-electron chi connectivity index (χ4n) is 0.886. The summed E-state index contributed by atoms with van der Waals surface area (Å²) in [5.74, 6) is 0. The van der Waals surface area contributed by atoms with Gasteiger partial charge in [0.2, 0.25) is 0 Å². The van der Waals surface area contributed by atoms with Gasteiger partial charge in [-0.3, -0.25) is 9.98 Å². The largest absolute Gasteiger partial charge is 0.264 e. The average molecular weight is 172 g/mol. The Hall–Kier alpha value is -1.70. The molecule has 0 radical (unpaired) electrons. The quantitative estimate of drug-likeness (QED) is 0.643. The van der Waals surface area contributed by atoms with Crippen molar-refractivity contribution in [1.29, 1.82) is 0 Å². The SMILES string of the molecule is C=CC=N/C=C(\C)c1cccnc1. The molecule has 1 rings (SSSR count). The number of hydrogen-bond acceptors (Lipinski definition) is 2. The predicted molar refractivity (Wildman–Crippen MR) is 56.6 cm³/mol. The molecule has 0 atom stereocenters. The second-order valence-electron chi connectivity index (χ2n) is 2.59. The summed E-state index contributed by atoms with van der Waals surface area (Å²) in [6.07, 6.45) is 8.66. The number of aromatic nitrogens is 1. The molecule has 0 saturated heterocycles. The Balaban J connectivity index is 2.79. The summed E-state index contributed by atoms with van der Waals surface area (Å²) in [6.45, 7) is 5.54. The Kier molecular flexibility index (Phi) is 3.64. The van der Waals surface area contributed by atoms with E-state index < -0.39 is 0 Å². The second-order valence-corrected chi connectivity index (χ2v) is 2.59. The van der Waals surface area contributed by atoms with Crippen molar-refractivity contribution >= 4 is 11.8 Å². The molecule has 1 aromatic heterocycles. The molecular formula is C11H12N2. The number of rotatable bonds is 3. The van der Waals surface area contributed by atoms with Crippen LogP contribution in [0.3, 0.4) is 0 Å².